The molecule has 0 saturated heterocycles. The first-order valence-electron chi connectivity index (χ1n) is 4.78. The van der Waals surface area contributed by atoms with E-state index in [9.17, 15) is 14.7 Å². The summed E-state index contributed by atoms with van der Waals surface area (Å²) < 4.78 is 1.07. The fourth-order valence-electron chi connectivity index (χ4n) is 1.98. The number of carbonyl (C=O) groups is 1. The highest BCUT2D eigenvalue weighted by Gasteiger charge is 2.27. The third kappa shape index (κ3) is 0.982. The molecule has 0 bridgehead atoms. The Morgan fingerprint density at radius 2 is 1.69 bits per heavy atom. The fourth-order valence-corrected chi connectivity index (χ4v) is 1.98. The summed E-state index contributed by atoms with van der Waals surface area (Å²) in [6, 6.07) is 9.41. The highest BCUT2D eigenvalue weighted by atomic mass is 16.3. The molecule has 4 nitrogen and oxygen atoms in total. The number of fused-ring (bicyclic) bond motifs is 3. The summed E-state index contributed by atoms with van der Waals surface area (Å²) in [6.45, 7) is 0. The predicted molar refractivity (Wildman–Crippen MR) is 57.5 cm³/mol. The van der Waals surface area contributed by atoms with Crippen molar-refractivity contribution >= 4 is 5.91 Å². The lowest BCUT2D eigenvalue weighted by atomic mass is 10.1. The first-order chi connectivity index (χ1) is 7.68. The molecule has 0 unspecified atom stereocenters. The van der Waals surface area contributed by atoms with E-state index < -0.39 is 5.56 Å². The number of rotatable bonds is 0. The Morgan fingerprint density at radius 3 is 2.44 bits per heavy atom. The Kier molecular flexibility index (Phi) is 1.57. The van der Waals surface area contributed by atoms with Gasteiger partial charge in [-0.25, -0.2) is 4.57 Å². The predicted octanol–water partition coefficient (Wildman–Crippen LogP) is 1.22. The van der Waals surface area contributed by atoms with Crippen molar-refractivity contribution in [1.29, 1.82) is 0 Å². The first-order valence-corrected chi connectivity index (χ1v) is 4.78. The van der Waals surface area contributed by atoms with E-state index in [1.807, 2.05) is 0 Å². The van der Waals surface area contributed by atoms with Crippen LogP contribution < -0.4 is 5.56 Å². The second kappa shape index (κ2) is 2.82. The second-order valence-electron chi connectivity index (χ2n) is 3.62. The molecule has 1 aliphatic rings. The van der Waals surface area contributed by atoms with Crippen LogP contribution in [0.3, 0.4) is 0 Å². The van der Waals surface area contributed by atoms with Gasteiger partial charge in [0, 0.05) is 23.3 Å². The van der Waals surface area contributed by atoms with E-state index in [0.717, 1.165) is 10.6 Å². The molecule has 0 saturated carbocycles. The van der Waals surface area contributed by atoms with Crippen LogP contribution in [-0.2, 0) is 0 Å². The maximum Gasteiger partial charge on any atom is 0.266 e. The van der Waals surface area contributed by atoms with Gasteiger partial charge in [-0.15, -0.1) is 0 Å². The molecule has 0 fully saturated rings. The number of aromatic nitrogens is 1. The second-order valence-corrected chi connectivity index (χ2v) is 3.62. The minimum Gasteiger partial charge on any atom is -0.508 e. The summed E-state index contributed by atoms with van der Waals surface area (Å²) in [5.74, 6) is -0.462. The molecule has 0 amide bonds. The van der Waals surface area contributed by atoms with Crippen LogP contribution in [0.4, 0.5) is 0 Å². The van der Waals surface area contributed by atoms with Gasteiger partial charge < -0.3 is 5.11 Å². The summed E-state index contributed by atoms with van der Waals surface area (Å²) in [7, 11) is 0. The molecule has 4 heteroatoms. The Morgan fingerprint density at radius 1 is 1.00 bits per heavy atom. The summed E-state index contributed by atoms with van der Waals surface area (Å²) in [5, 5.41) is 9.36. The average Bonchev–Trinajstić information content (AvgIpc) is 2.54. The molecule has 1 aliphatic heterocycles. The first kappa shape index (κ1) is 8.91. The van der Waals surface area contributed by atoms with Gasteiger partial charge in [-0.2, -0.15) is 0 Å². The van der Waals surface area contributed by atoms with Crippen molar-refractivity contribution in [2.45, 2.75) is 0 Å². The minimum absolute atomic E-state index is 0.124. The van der Waals surface area contributed by atoms with E-state index in [1.165, 1.54) is 6.07 Å². The number of hydrogen-bond acceptors (Lipinski definition) is 3. The lowest BCUT2D eigenvalue weighted by molar-refractivity contribution is 0.0965. The third-order valence-electron chi connectivity index (χ3n) is 2.65. The summed E-state index contributed by atoms with van der Waals surface area (Å²) in [5.41, 5.74) is 1.12. The minimum atomic E-state index is -0.504. The molecule has 16 heavy (non-hydrogen) atoms. The zero-order valence-corrected chi connectivity index (χ0v) is 8.18. The molecule has 0 spiro atoms. The van der Waals surface area contributed by atoms with Crippen molar-refractivity contribution in [2.75, 3.05) is 0 Å². The van der Waals surface area contributed by atoms with E-state index in [2.05, 4.69) is 0 Å². The zero-order chi connectivity index (χ0) is 11.3. The number of nitrogens with zero attached hydrogens (tertiary/aromatic N) is 1. The quantitative estimate of drug-likeness (QED) is 0.610. The van der Waals surface area contributed by atoms with Gasteiger partial charge in [0.2, 0.25) is 0 Å². The van der Waals surface area contributed by atoms with Crippen LogP contribution in [-0.4, -0.2) is 15.6 Å². The molecular weight excluding hydrogens is 206 g/mol. The zero-order valence-electron chi connectivity index (χ0n) is 8.18. The number of benzene rings is 1. The Hall–Kier alpha value is -2.36. The van der Waals surface area contributed by atoms with E-state index in [4.69, 9.17) is 0 Å². The maximum absolute atomic E-state index is 11.9. The highest BCUT2D eigenvalue weighted by Crippen LogP contribution is 2.31. The van der Waals surface area contributed by atoms with E-state index in [1.54, 1.807) is 24.3 Å². The van der Waals surface area contributed by atoms with Crippen molar-refractivity contribution in [1.82, 2.24) is 4.57 Å². The van der Waals surface area contributed by atoms with Gasteiger partial charge in [0.25, 0.3) is 11.5 Å². The van der Waals surface area contributed by atoms with Crippen molar-refractivity contribution < 1.29 is 9.90 Å². The molecule has 2 heterocycles. The molecule has 2 aromatic rings. The lowest BCUT2D eigenvalue weighted by Gasteiger charge is -2.01. The lowest BCUT2D eigenvalue weighted by Crippen LogP contribution is -2.23. The standard InChI is InChI=1S/C12H7NO3/c14-7-5-10-8-3-1-2-4-9(8)12(16)13(10)11(15)6-7/h1-6,14H. The van der Waals surface area contributed by atoms with Crippen molar-refractivity contribution in [3.8, 4) is 17.0 Å². The smallest absolute Gasteiger partial charge is 0.266 e. The molecule has 1 aromatic carbocycles. The summed E-state index contributed by atoms with van der Waals surface area (Å²) >= 11 is 0. The van der Waals surface area contributed by atoms with Gasteiger partial charge in [-0.1, -0.05) is 18.2 Å². The molecular formula is C12H7NO3. The van der Waals surface area contributed by atoms with Crippen LogP contribution in [0.15, 0.2) is 41.2 Å². The Labute approximate surface area is 90.4 Å². The normalized spacial score (nSPS) is 12.4. The molecule has 0 atom stereocenters. The molecule has 1 N–H and O–H groups in total. The van der Waals surface area contributed by atoms with E-state index >= 15 is 0 Å². The molecule has 0 radical (unpaired) electrons. The van der Waals surface area contributed by atoms with Gasteiger partial charge in [0.15, 0.2) is 0 Å². The maximum atomic E-state index is 11.9. The van der Waals surface area contributed by atoms with Crippen LogP contribution in [0, 0.1) is 0 Å². The monoisotopic (exact) mass is 213 g/mol. The van der Waals surface area contributed by atoms with Gasteiger partial charge in [0.1, 0.15) is 5.75 Å². The molecule has 78 valence electrons. The number of carbonyl (C=O) groups excluding carboxylic acids is 1. The van der Waals surface area contributed by atoms with E-state index in [0.29, 0.717) is 16.8 Å². The van der Waals surface area contributed by atoms with Crippen LogP contribution in [0.1, 0.15) is 10.4 Å². The van der Waals surface area contributed by atoms with Crippen LogP contribution in [0.25, 0.3) is 11.3 Å². The van der Waals surface area contributed by atoms with Gasteiger partial charge in [0.05, 0.1) is 5.69 Å². The largest absolute Gasteiger partial charge is 0.508 e. The van der Waals surface area contributed by atoms with Gasteiger partial charge in [-0.05, 0) is 6.07 Å². The number of pyridine rings is 1. The van der Waals surface area contributed by atoms with Crippen molar-refractivity contribution in [3.05, 3.63) is 52.3 Å². The Balaban J connectivity index is 2.47. The van der Waals surface area contributed by atoms with E-state index in [-0.39, 0.29) is 11.7 Å². The third-order valence-corrected chi connectivity index (χ3v) is 2.65. The summed E-state index contributed by atoms with van der Waals surface area (Å²) in [6.07, 6.45) is 0. The van der Waals surface area contributed by atoms with Gasteiger partial charge >= 0.3 is 0 Å². The summed E-state index contributed by atoms with van der Waals surface area (Å²) in [4.78, 5) is 23.5. The number of aromatic hydroxyl groups is 1. The molecule has 1 aromatic heterocycles. The molecule has 3 rings (SSSR count). The van der Waals surface area contributed by atoms with Crippen molar-refractivity contribution in [2.24, 2.45) is 0 Å². The van der Waals surface area contributed by atoms with Crippen LogP contribution in [0.2, 0.25) is 0 Å². The topological polar surface area (TPSA) is 59.3 Å². The van der Waals surface area contributed by atoms with Gasteiger partial charge in [-0.3, -0.25) is 9.59 Å². The van der Waals surface area contributed by atoms with Crippen LogP contribution >= 0.6 is 0 Å². The SMILES string of the molecule is O=C1c2ccccc2-c2cc(O)cc(=O)n21. The average molecular weight is 213 g/mol. The molecule has 0 aliphatic carbocycles. The Bertz CT molecular complexity index is 670. The van der Waals surface area contributed by atoms with Crippen LogP contribution in [0.5, 0.6) is 5.75 Å². The van der Waals surface area contributed by atoms with Crippen molar-refractivity contribution in [3.63, 3.8) is 0 Å². The fraction of sp³-hybridized carbons (Fsp3) is 0. The number of hydrogen-bond donors (Lipinski definition) is 1. The highest BCUT2D eigenvalue weighted by molar-refractivity contribution is 6.08.